The van der Waals surface area contributed by atoms with Crippen molar-refractivity contribution in [2.45, 2.75) is 26.3 Å². The van der Waals surface area contributed by atoms with E-state index in [2.05, 4.69) is 20.8 Å². The van der Waals surface area contributed by atoms with Crippen LogP contribution >= 0.6 is 15.9 Å². The lowest BCUT2D eigenvalue weighted by molar-refractivity contribution is 0.0644. The fraction of sp³-hybridized carbons (Fsp3) is 0.276. The number of rotatable bonds is 8. The fourth-order valence-electron chi connectivity index (χ4n) is 4.32. The molecule has 1 atom stereocenters. The van der Waals surface area contributed by atoms with Gasteiger partial charge in [0.25, 0.3) is 11.5 Å². The second-order valence-electron chi connectivity index (χ2n) is 9.20. The molecule has 0 aliphatic rings. The molecule has 0 saturated heterocycles. The number of benzene rings is 3. The SMILES string of the molecule is CCC(c1nc2ccccc2c(=O)n1-c1ccc(Br)cc1)N(CCN(C)C)C(=O)c1ccc(C)cc1. The van der Waals surface area contributed by atoms with E-state index >= 15 is 0 Å². The highest BCUT2D eigenvalue weighted by Crippen LogP contribution is 2.28. The van der Waals surface area contributed by atoms with Crippen LogP contribution in [-0.2, 0) is 0 Å². The molecular weight excluding hydrogens is 516 g/mol. The third-order valence-electron chi connectivity index (χ3n) is 6.29. The number of fused-ring (bicyclic) bond motifs is 1. The predicted octanol–water partition coefficient (Wildman–Crippen LogP) is 5.61. The maximum absolute atomic E-state index is 13.9. The fourth-order valence-corrected chi connectivity index (χ4v) is 4.59. The molecule has 1 unspecified atom stereocenters. The minimum absolute atomic E-state index is 0.0755. The number of para-hydroxylation sites is 1. The van der Waals surface area contributed by atoms with E-state index in [1.165, 1.54) is 0 Å². The van der Waals surface area contributed by atoms with Crippen molar-refractivity contribution in [2.75, 3.05) is 27.2 Å². The number of amides is 1. The van der Waals surface area contributed by atoms with Crippen LogP contribution in [-0.4, -0.2) is 52.4 Å². The number of aromatic nitrogens is 2. The van der Waals surface area contributed by atoms with Crippen molar-refractivity contribution >= 4 is 32.7 Å². The second-order valence-corrected chi connectivity index (χ2v) is 10.1. The number of nitrogens with zero attached hydrogens (tertiary/aromatic N) is 4. The summed E-state index contributed by atoms with van der Waals surface area (Å²) < 4.78 is 2.58. The molecule has 186 valence electrons. The Bertz CT molecular complexity index is 1410. The van der Waals surface area contributed by atoms with Gasteiger partial charge in [-0.1, -0.05) is 52.7 Å². The molecule has 36 heavy (non-hydrogen) atoms. The van der Waals surface area contributed by atoms with Crippen molar-refractivity contribution in [3.63, 3.8) is 0 Å². The molecule has 6 nitrogen and oxygen atoms in total. The summed E-state index contributed by atoms with van der Waals surface area (Å²) in [6.07, 6.45) is 0.604. The zero-order valence-corrected chi connectivity index (χ0v) is 22.7. The maximum Gasteiger partial charge on any atom is 0.266 e. The van der Waals surface area contributed by atoms with E-state index in [-0.39, 0.29) is 11.5 Å². The number of carbonyl (C=O) groups excluding carboxylic acids is 1. The molecule has 0 bridgehead atoms. The standard InChI is InChI=1S/C29H31BrN4O2/c1-5-26(33(19-18-32(3)4)28(35)21-12-10-20(2)11-13-21)27-31-25-9-7-6-8-24(25)29(36)34(27)23-16-14-22(30)15-17-23/h6-17,26H,5,18-19H2,1-4H3. The van der Waals surface area contributed by atoms with Crippen molar-refractivity contribution in [2.24, 2.45) is 0 Å². The van der Waals surface area contributed by atoms with E-state index in [0.29, 0.717) is 47.5 Å². The van der Waals surface area contributed by atoms with Crippen LogP contribution in [0.5, 0.6) is 0 Å². The molecule has 4 aromatic rings. The minimum atomic E-state index is -0.403. The van der Waals surface area contributed by atoms with E-state index in [1.54, 1.807) is 10.6 Å². The number of carbonyl (C=O) groups is 1. The molecule has 4 rings (SSSR count). The Morgan fingerprint density at radius 2 is 1.64 bits per heavy atom. The molecular formula is C29H31BrN4O2. The summed E-state index contributed by atoms with van der Waals surface area (Å²) in [7, 11) is 3.98. The van der Waals surface area contributed by atoms with E-state index in [9.17, 15) is 9.59 Å². The van der Waals surface area contributed by atoms with Gasteiger partial charge >= 0.3 is 0 Å². The topological polar surface area (TPSA) is 58.4 Å². The van der Waals surface area contributed by atoms with Gasteiger partial charge in [-0.15, -0.1) is 0 Å². The van der Waals surface area contributed by atoms with E-state index in [4.69, 9.17) is 4.98 Å². The van der Waals surface area contributed by atoms with Crippen molar-refractivity contribution in [3.8, 4) is 5.69 Å². The van der Waals surface area contributed by atoms with Crippen LogP contribution in [0.15, 0.2) is 82.1 Å². The normalized spacial score (nSPS) is 12.2. The Hall–Kier alpha value is -3.29. The smallest absolute Gasteiger partial charge is 0.266 e. The third-order valence-corrected chi connectivity index (χ3v) is 6.82. The van der Waals surface area contributed by atoms with Crippen LogP contribution in [0.25, 0.3) is 16.6 Å². The molecule has 3 aromatic carbocycles. The number of halogens is 1. The molecule has 0 spiro atoms. The Labute approximate surface area is 220 Å². The monoisotopic (exact) mass is 546 g/mol. The number of hydrogen-bond donors (Lipinski definition) is 0. The molecule has 1 aromatic heterocycles. The van der Waals surface area contributed by atoms with Crippen LogP contribution in [0.3, 0.4) is 0 Å². The Morgan fingerprint density at radius 1 is 0.972 bits per heavy atom. The van der Waals surface area contributed by atoms with E-state index in [0.717, 1.165) is 10.0 Å². The summed E-state index contributed by atoms with van der Waals surface area (Å²) in [5.74, 6) is 0.483. The summed E-state index contributed by atoms with van der Waals surface area (Å²) in [6.45, 7) is 5.22. The van der Waals surface area contributed by atoms with Gasteiger partial charge in [-0.25, -0.2) is 4.98 Å². The summed E-state index contributed by atoms with van der Waals surface area (Å²) in [5.41, 5.74) is 2.91. The van der Waals surface area contributed by atoms with Gasteiger partial charge < -0.3 is 9.80 Å². The van der Waals surface area contributed by atoms with Crippen LogP contribution in [0.2, 0.25) is 0 Å². The lowest BCUT2D eigenvalue weighted by Crippen LogP contribution is -2.41. The first-order valence-electron chi connectivity index (χ1n) is 12.1. The first-order valence-corrected chi connectivity index (χ1v) is 12.9. The largest absolute Gasteiger partial charge is 0.327 e. The number of likely N-dealkylation sites (N-methyl/N-ethyl adjacent to an activating group) is 1. The molecule has 7 heteroatoms. The van der Waals surface area contributed by atoms with E-state index in [1.807, 2.05) is 99.6 Å². The van der Waals surface area contributed by atoms with Gasteiger partial charge in [0.05, 0.1) is 22.6 Å². The van der Waals surface area contributed by atoms with Gasteiger partial charge in [-0.2, -0.15) is 0 Å². The second kappa shape index (κ2) is 11.2. The number of aryl methyl sites for hydroxylation is 1. The van der Waals surface area contributed by atoms with Crippen molar-refractivity contribution in [1.29, 1.82) is 0 Å². The maximum atomic E-state index is 13.9. The van der Waals surface area contributed by atoms with Gasteiger partial charge in [-0.05, 0) is 76.0 Å². The predicted molar refractivity (Wildman–Crippen MR) is 149 cm³/mol. The minimum Gasteiger partial charge on any atom is -0.327 e. The van der Waals surface area contributed by atoms with E-state index < -0.39 is 6.04 Å². The average Bonchev–Trinajstić information content (AvgIpc) is 2.87. The molecule has 0 aliphatic carbocycles. The molecule has 1 amide bonds. The molecule has 0 aliphatic heterocycles. The summed E-state index contributed by atoms with van der Waals surface area (Å²) in [4.78, 5) is 36.6. The highest BCUT2D eigenvalue weighted by molar-refractivity contribution is 9.10. The molecule has 0 saturated carbocycles. The van der Waals surface area contributed by atoms with Gasteiger partial charge in [0, 0.05) is 23.1 Å². The quantitative estimate of drug-likeness (QED) is 0.288. The van der Waals surface area contributed by atoms with Gasteiger partial charge in [0.2, 0.25) is 0 Å². The molecule has 0 radical (unpaired) electrons. The van der Waals surface area contributed by atoms with Crippen molar-refractivity contribution in [1.82, 2.24) is 19.4 Å². The average molecular weight is 547 g/mol. The Balaban J connectivity index is 1.92. The molecule has 1 heterocycles. The van der Waals surface area contributed by atoms with Crippen molar-refractivity contribution in [3.05, 3.63) is 105 Å². The first kappa shape index (κ1) is 25.8. The van der Waals surface area contributed by atoms with Gasteiger partial charge in [0.15, 0.2) is 0 Å². The summed E-state index contributed by atoms with van der Waals surface area (Å²) in [5, 5.41) is 0.545. The molecule has 0 fully saturated rings. The zero-order valence-electron chi connectivity index (χ0n) is 21.1. The lowest BCUT2D eigenvalue weighted by atomic mass is 10.1. The van der Waals surface area contributed by atoms with Crippen LogP contribution in [0.4, 0.5) is 0 Å². The van der Waals surface area contributed by atoms with Crippen LogP contribution in [0.1, 0.15) is 41.1 Å². The number of hydrogen-bond acceptors (Lipinski definition) is 4. The van der Waals surface area contributed by atoms with Crippen LogP contribution < -0.4 is 5.56 Å². The van der Waals surface area contributed by atoms with Crippen molar-refractivity contribution < 1.29 is 4.79 Å². The highest BCUT2D eigenvalue weighted by Gasteiger charge is 2.29. The molecule has 0 N–H and O–H groups in total. The Kier molecular flexibility index (Phi) is 8.01. The lowest BCUT2D eigenvalue weighted by Gasteiger charge is -2.33. The summed E-state index contributed by atoms with van der Waals surface area (Å²) >= 11 is 3.48. The van der Waals surface area contributed by atoms with Crippen LogP contribution in [0, 0.1) is 6.92 Å². The summed E-state index contributed by atoms with van der Waals surface area (Å²) in [6, 6.07) is 22.2. The Morgan fingerprint density at radius 3 is 2.28 bits per heavy atom. The highest BCUT2D eigenvalue weighted by atomic mass is 79.9. The third kappa shape index (κ3) is 5.42. The first-order chi connectivity index (χ1) is 17.3. The zero-order chi connectivity index (χ0) is 25.8. The van der Waals surface area contributed by atoms with Gasteiger partial charge in [0.1, 0.15) is 5.82 Å². The van der Waals surface area contributed by atoms with Gasteiger partial charge in [-0.3, -0.25) is 14.2 Å².